The zero-order valence-electron chi connectivity index (χ0n) is 26.1. The smallest absolute Gasteiger partial charge is 0.872 e. The van der Waals surface area contributed by atoms with Crippen LogP contribution in [0.5, 0.6) is 17.2 Å². The molecule has 0 radical (unpaired) electrons. The van der Waals surface area contributed by atoms with Gasteiger partial charge in [-0.05, 0) is 52.6 Å². The first-order chi connectivity index (χ1) is 19.2. The Kier molecular flexibility index (Phi) is 20.9. The molecule has 0 amide bonds. The summed E-state index contributed by atoms with van der Waals surface area (Å²) >= 11 is 5.84. The first-order valence-corrected chi connectivity index (χ1v) is 13.7. The molecule has 0 unspecified atom stereocenters. The van der Waals surface area contributed by atoms with E-state index in [1.54, 1.807) is 36.4 Å². The van der Waals surface area contributed by atoms with Crippen LogP contribution in [0, 0.1) is 0 Å². The van der Waals surface area contributed by atoms with Gasteiger partial charge in [0.1, 0.15) is 0 Å². The van der Waals surface area contributed by atoms with Crippen LogP contribution in [-0.4, -0.2) is 0 Å². The third-order valence-corrected chi connectivity index (χ3v) is 6.99. The third kappa shape index (κ3) is 14.2. The first-order valence-electron chi connectivity index (χ1n) is 13.3. The van der Waals surface area contributed by atoms with Gasteiger partial charge in [-0.3, -0.25) is 0 Å². The van der Waals surface area contributed by atoms with E-state index in [0.29, 0.717) is 11.4 Å². The van der Waals surface area contributed by atoms with E-state index in [2.05, 4.69) is 20.8 Å². The summed E-state index contributed by atoms with van der Waals surface area (Å²) in [6.45, 7) is 6.53. The number of benzene rings is 5. The molecular formula is C36H34ClNa3O3. The fourth-order valence-electron chi connectivity index (χ4n) is 3.94. The zero-order chi connectivity index (χ0) is 29.0. The van der Waals surface area contributed by atoms with Crippen molar-refractivity contribution in [3.05, 3.63) is 149 Å². The minimum atomic E-state index is 0. The van der Waals surface area contributed by atoms with E-state index in [9.17, 15) is 15.3 Å². The normalized spacial score (nSPS) is 9.77. The number of hydrogen-bond donors (Lipinski definition) is 0. The van der Waals surface area contributed by atoms with Crippen LogP contribution in [0.4, 0.5) is 0 Å². The predicted octanol–water partition coefficient (Wildman–Crippen LogP) is -1.11. The van der Waals surface area contributed by atoms with Crippen molar-refractivity contribution in [3.63, 3.8) is 0 Å². The van der Waals surface area contributed by atoms with Crippen LogP contribution in [0.3, 0.4) is 0 Å². The largest absolute Gasteiger partial charge is 1.00 e. The monoisotopic (exact) mass is 618 g/mol. The number of rotatable bonds is 5. The number of para-hydroxylation sites is 1. The molecule has 7 heteroatoms. The van der Waals surface area contributed by atoms with Gasteiger partial charge in [0, 0.05) is 5.02 Å². The second-order valence-corrected chi connectivity index (χ2v) is 10.5. The average Bonchev–Trinajstić information content (AvgIpc) is 2.97. The molecule has 0 heterocycles. The molecule has 0 aliphatic carbocycles. The summed E-state index contributed by atoms with van der Waals surface area (Å²) in [5.41, 5.74) is 5.04. The minimum absolute atomic E-state index is 0. The van der Waals surface area contributed by atoms with Gasteiger partial charge in [0.2, 0.25) is 0 Å². The average molecular weight is 619 g/mol. The molecule has 43 heavy (non-hydrogen) atoms. The Hall–Kier alpha value is -1.21. The topological polar surface area (TPSA) is 69.2 Å². The van der Waals surface area contributed by atoms with E-state index in [1.807, 2.05) is 84.9 Å². The van der Waals surface area contributed by atoms with Crippen molar-refractivity contribution in [2.24, 2.45) is 0 Å². The van der Waals surface area contributed by atoms with Crippen LogP contribution in [0.15, 0.2) is 127 Å². The Morgan fingerprint density at radius 2 is 1.14 bits per heavy atom. The van der Waals surface area contributed by atoms with E-state index in [-0.39, 0.29) is 111 Å². The number of hydrogen-bond acceptors (Lipinski definition) is 3. The van der Waals surface area contributed by atoms with Gasteiger partial charge in [0.25, 0.3) is 0 Å². The molecule has 0 N–H and O–H groups in total. The fraction of sp³-hybridized carbons (Fsp3) is 0.167. The van der Waals surface area contributed by atoms with Crippen molar-refractivity contribution < 1.29 is 104 Å². The van der Waals surface area contributed by atoms with Gasteiger partial charge in [0.15, 0.2) is 0 Å². The van der Waals surface area contributed by atoms with Gasteiger partial charge >= 0.3 is 88.7 Å². The molecule has 3 nitrogen and oxygen atoms in total. The van der Waals surface area contributed by atoms with Gasteiger partial charge in [-0.2, -0.15) is 0 Å². The van der Waals surface area contributed by atoms with Gasteiger partial charge in [-0.25, -0.2) is 0 Å². The van der Waals surface area contributed by atoms with Gasteiger partial charge in [0.05, 0.1) is 0 Å². The molecule has 0 spiro atoms. The molecule has 5 aromatic carbocycles. The summed E-state index contributed by atoms with van der Waals surface area (Å²) in [4.78, 5) is 0. The molecule has 5 rings (SSSR count). The first kappa shape index (κ1) is 41.8. The maximum atomic E-state index is 11.5. The Labute approximate surface area is 328 Å². The predicted molar refractivity (Wildman–Crippen MR) is 161 cm³/mol. The van der Waals surface area contributed by atoms with Gasteiger partial charge in [-0.15, -0.1) is 17.2 Å². The van der Waals surface area contributed by atoms with Crippen LogP contribution in [0.1, 0.15) is 43.9 Å². The van der Waals surface area contributed by atoms with E-state index in [0.717, 1.165) is 28.7 Å². The van der Waals surface area contributed by atoms with Crippen LogP contribution in [-0.2, 0) is 11.8 Å². The Balaban J connectivity index is 0.000000599. The summed E-state index contributed by atoms with van der Waals surface area (Å²) in [6, 6.07) is 38.6. The van der Waals surface area contributed by atoms with E-state index in [4.69, 9.17) is 11.6 Å². The van der Waals surface area contributed by atoms with Crippen LogP contribution in [0.25, 0.3) is 11.1 Å². The number of halogens is 1. The minimum Gasteiger partial charge on any atom is -0.872 e. The zero-order valence-corrected chi connectivity index (χ0v) is 32.9. The summed E-state index contributed by atoms with van der Waals surface area (Å²) in [5, 5.41) is 34.4. The van der Waals surface area contributed by atoms with Gasteiger partial charge < -0.3 is 15.3 Å². The van der Waals surface area contributed by atoms with Crippen molar-refractivity contribution >= 4 is 11.6 Å². The second kappa shape index (κ2) is 21.5. The third-order valence-electron chi connectivity index (χ3n) is 6.75. The SMILES string of the molecule is CCC(C)(C)c1ccc([O-])cc1.[Na+].[Na+].[Na+].[O-]c1ccc(Cl)cc1Cc1ccccc1.[O-]c1ccccc1-c1ccccc1. The standard InChI is InChI=1S/C13H11ClO.C12H10O.C11H16O.3Na/c14-12-6-7-13(15)11(9-12)8-10-4-2-1-3-5-10;13-12-9-5-4-8-11(12)10-6-2-1-3-7-10;1-4-11(2,3)9-5-7-10(12)8-6-9;;;/h1-7,9,15H,8H2;1-9,13H;5-8,12H,4H2,1-3H3;;;/q;;;3*+1/p-3. The fourth-order valence-corrected chi connectivity index (χ4v) is 4.13. The van der Waals surface area contributed by atoms with Crippen molar-refractivity contribution in [2.45, 2.75) is 39.0 Å². The maximum Gasteiger partial charge on any atom is 1.00 e. The van der Waals surface area contributed by atoms with Crippen molar-refractivity contribution in [1.82, 2.24) is 0 Å². The van der Waals surface area contributed by atoms with E-state index >= 15 is 0 Å². The van der Waals surface area contributed by atoms with Crippen LogP contribution >= 0.6 is 11.6 Å². The van der Waals surface area contributed by atoms with Crippen molar-refractivity contribution in [3.8, 4) is 28.4 Å². The molecule has 0 saturated carbocycles. The van der Waals surface area contributed by atoms with Crippen LogP contribution in [0.2, 0.25) is 5.02 Å². The quantitative estimate of drug-likeness (QED) is 0.235. The molecule has 0 aliphatic heterocycles. The Bertz CT molecular complexity index is 1460. The molecule has 0 aromatic heterocycles. The van der Waals surface area contributed by atoms with E-state index in [1.165, 1.54) is 11.6 Å². The van der Waals surface area contributed by atoms with Crippen LogP contribution < -0.4 is 104 Å². The molecule has 0 bridgehead atoms. The molecule has 0 atom stereocenters. The Morgan fingerprint density at radius 3 is 1.70 bits per heavy atom. The molecule has 0 fully saturated rings. The van der Waals surface area contributed by atoms with Crippen molar-refractivity contribution in [1.29, 1.82) is 0 Å². The van der Waals surface area contributed by atoms with Gasteiger partial charge in [-0.1, -0.05) is 153 Å². The summed E-state index contributed by atoms with van der Waals surface area (Å²) in [6.07, 6.45) is 1.73. The summed E-state index contributed by atoms with van der Waals surface area (Å²) < 4.78 is 0. The van der Waals surface area contributed by atoms with E-state index < -0.39 is 0 Å². The molecule has 0 saturated heterocycles. The molecule has 206 valence electrons. The van der Waals surface area contributed by atoms with Crippen molar-refractivity contribution in [2.75, 3.05) is 0 Å². The maximum absolute atomic E-state index is 11.5. The molecule has 5 aromatic rings. The Morgan fingerprint density at radius 1 is 0.605 bits per heavy atom. The second-order valence-electron chi connectivity index (χ2n) is 10.0. The molecular weight excluding hydrogens is 585 g/mol. The summed E-state index contributed by atoms with van der Waals surface area (Å²) in [7, 11) is 0. The summed E-state index contributed by atoms with van der Waals surface area (Å²) in [5.74, 6) is 0.211. The molecule has 0 aliphatic rings.